The number of rotatable bonds is 6. The van der Waals surface area contributed by atoms with Gasteiger partial charge in [0.1, 0.15) is 0 Å². The molecule has 9 heteroatoms. The topological polar surface area (TPSA) is 42.3 Å². The van der Waals surface area contributed by atoms with Gasteiger partial charge < -0.3 is 82.8 Å². The third-order valence-electron chi connectivity index (χ3n) is 24.4. The molecule has 0 saturated heterocycles. The minimum absolute atomic E-state index is 0. The van der Waals surface area contributed by atoms with Crippen LogP contribution in [-0.2, 0) is 84.4 Å². The van der Waals surface area contributed by atoms with Crippen LogP contribution in [0.2, 0.25) is 0 Å². The summed E-state index contributed by atoms with van der Waals surface area (Å²) in [5.41, 5.74) is 17.8. The molecule has 6 aliphatic carbocycles. The number of allylic oxidation sites excluding steroid dienone is 3. The fourth-order valence-electron chi connectivity index (χ4n) is 19.8. The molecular formula is C92H115N3S3Ti3. The SMILES string of the molecule is CC1Cc2cccc(C3C(C)C(C)C4c5c(sc6ccccc56)C=CC34)c2[N-]1.CCC1CCc2cccc(C3C(C)C(C)C4c5c(sc6ccccc56)C=CC34)c2[N-]1.CCCC1CCc2cccc(C3C(C)C(C)C4c5c(sc6ccccc56)C=CC34)c2[N-]1.[CH3-].[CH3-].[CH3-].[CH3-].[CH3-].[CH3-].[CH3-].[CH3-].[CH3-].[Ti+4].[Ti+4].[Ti+4]. The number of benzene rings is 6. The van der Waals surface area contributed by atoms with Crippen molar-refractivity contribution in [3.63, 3.8) is 0 Å². The van der Waals surface area contributed by atoms with Crippen LogP contribution in [0.5, 0.6) is 0 Å². The van der Waals surface area contributed by atoms with E-state index in [0.29, 0.717) is 107 Å². The number of fused-ring (bicyclic) bond motifs is 18. The van der Waals surface area contributed by atoms with Crippen LogP contribution in [0, 0.1) is 120 Å². The molecule has 101 heavy (non-hydrogen) atoms. The molecule has 0 amide bonds. The van der Waals surface area contributed by atoms with Gasteiger partial charge in [0, 0.05) is 28.7 Å². The second-order valence-corrected chi connectivity index (χ2v) is 32.1. The van der Waals surface area contributed by atoms with E-state index in [1.165, 1.54) is 134 Å². The molecule has 3 aromatic heterocycles. The molecule has 3 nitrogen and oxygen atoms in total. The molecule has 3 aliphatic heterocycles. The van der Waals surface area contributed by atoms with Crippen molar-refractivity contribution in [3.05, 3.63) is 293 Å². The Bertz CT molecular complexity index is 4280. The summed E-state index contributed by atoms with van der Waals surface area (Å²) in [4.78, 5) is 4.46. The molecule has 18 unspecified atom stereocenters. The molecule has 3 fully saturated rings. The van der Waals surface area contributed by atoms with Crippen molar-refractivity contribution in [2.75, 3.05) is 0 Å². The van der Waals surface area contributed by atoms with E-state index in [0.717, 1.165) is 12.8 Å². The average molecular weight is 1500 g/mol. The number of aryl methyl sites for hydroxylation is 2. The van der Waals surface area contributed by atoms with Crippen LogP contribution in [0.15, 0.2) is 146 Å². The second kappa shape index (κ2) is 36.5. The van der Waals surface area contributed by atoms with E-state index >= 15 is 0 Å². The second-order valence-electron chi connectivity index (χ2n) is 28.8. The predicted octanol–water partition coefficient (Wildman–Crippen LogP) is 28.9. The molecule has 9 aromatic rings. The number of nitrogens with zero attached hydrogens (tertiary/aromatic N) is 3. The molecule has 18 atom stereocenters. The molecule has 9 aliphatic rings. The summed E-state index contributed by atoms with van der Waals surface area (Å²) in [6, 6.07) is 49.4. The zero-order valence-corrected chi connectivity index (χ0v) is 71.3. The quantitative estimate of drug-likeness (QED) is 0.118. The minimum Gasteiger partial charge on any atom is -0.681 e. The number of hydrogen-bond acceptors (Lipinski definition) is 3. The summed E-state index contributed by atoms with van der Waals surface area (Å²) in [5.74, 6) is 9.21. The zero-order valence-electron chi connectivity index (χ0n) is 64.2. The van der Waals surface area contributed by atoms with Crippen molar-refractivity contribution >= 4 is 99.6 Å². The van der Waals surface area contributed by atoms with Crippen LogP contribution in [0.25, 0.3) is 64.4 Å². The fourth-order valence-corrected chi connectivity index (χ4v) is 23.3. The molecular weight excluding hydrogens is 1390 g/mol. The van der Waals surface area contributed by atoms with Gasteiger partial charge in [-0.2, -0.15) is 0 Å². The minimum atomic E-state index is 0. The summed E-state index contributed by atoms with van der Waals surface area (Å²) in [6.45, 7) is 21.8. The van der Waals surface area contributed by atoms with Gasteiger partial charge in [-0.25, -0.2) is 0 Å². The van der Waals surface area contributed by atoms with E-state index in [4.69, 9.17) is 16.0 Å². The Hall–Kier alpha value is -4.04. The first-order valence-electron chi connectivity index (χ1n) is 34.5. The van der Waals surface area contributed by atoms with Crippen molar-refractivity contribution in [2.24, 2.45) is 53.3 Å². The molecule has 3 saturated carbocycles. The van der Waals surface area contributed by atoms with Crippen LogP contribution in [0.3, 0.4) is 0 Å². The summed E-state index contributed by atoms with van der Waals surface area (Å²) >= 11 is 5.91. The Balaban J connectivity index is 0.000000304. The van der Waals surface area contributed by atoms with Gasteiger partial charge in [0.05, 0.1) is 0 Å². The Morgan fingerprint density at radius 2 is 0.673 bits per heavy atom. The summed E-state index contributed by atoms with van der Waals surface area (Å²) in [5, 5.41) is 20.1. The van der Waals surface area contributed by atoms with E-state index in [-0.39, 0.29) is 132 Å². The maximum absolute atomic E-state index is 5.34. The monoisotopic (exact) mass is 1500 g/mol. The number of para-hydroxylation sites is 3. The third kappa shape index (κ3) is 15.1. The molecule has 0 spiro atoms. The average Bonchev–Trinajstić information content (AvgIpc) is 1.59. The maximum atomic E-state index is 5.34. The summed E-state index contributed by atoms with van der Waals surface area (Å²) in [7, 11) is 0. The van der Waals surface area contributed by atoms with Crippen LogP contribution in [0.1, 0.15) is 195 Å². The van der Waals surface area contributed by atoms with E-state index in [2.05, 4.69) is 226 Å². The van der Waals surface area contributed by atoms with Gasteiger partial charge in [0.25, 0.3) is 0 Å². The van der Waals surface area contributed by atoms with E-state index < -0.39 is 0 Å². The fraction of sp³-hybridized carbons (Fsp3) is 0.380. The Labute approximate surface area is 672 Å². The van der Waals surface area contributed by atoms with Crippen LogP contribution in [0.4, 0.5) is 17.1 Å². The molecule has 528 valence electrons. The van der Waals surface area contributed by atoms with Gasteiger partial charge in [0.2, 0.25) is 0 Å². The van der Waals surface area contributed by atoms with Gasteiger partial charge in [-0.3, -0.25) is 0 Å². The predicted molar refractivity (Wildman–Crippen MR) is 443 cm³/mol. The molecule has 0 N–H and O–H groups in total. The Morgan fingerprint density at radius 3 is 1.03 bits per heavy atom. The van der Waals surface area contributed by atoms with Gasteiger partial charge >= 0.3 is 65.2 Å². The van der Waals surface area contributed by atoms with E-state index in [1.54, 1.807) is 16.7 Å². The van der Waals surface area contributed by atoms with Gasteiger partial charge in [-0.05, 0) is 177 Å². The normalized spacial score (nSPS) is 28.1. The first-order chi connectivity index (χ1) is 43.5. The Kier molecular flexibility index (Phi) is 32.3. The third-order valence-corrected chi connectivity index (χ3v) is 27.8. The molecule has 6 aromatic carbocycles. The number of thiophene rings is 3. The van der Waals surface area contributed by atoms with Crippen molar-refractivity contribution in [1.29, 1.82) is 0 Å². The first kappa shape index (κ1) is 89.4. The van der Waals surface area contributed by atoms with Crippen molar-refractivity contribution in [2.45, 2.75) is 167 Å². The maximum Gasteiger partial charge on any atom is 4.00 e. The van der Waals surface area contributed by atoms with Gasteiger partial charge in [0.15, 0.2) is 0 Å². The van der Waals surface area contributed by atoms with Crippen molar-refractivity contribution in [1.82, 2.24) is 0 Å². The molecule has 6 heterocycles. The summed E-state index contributed by atoms with van der Waals surface area (Å²) < 4.78 is 4.31. The molecule has 0 radical (unpaired) electrons. The van der Waals surface area contributed by atoms with Crippen LogP contribution >= 0.6 is 34.0 Å². The standard InChI is InChI=1S/C29H32NS.C28H30NS.C26H26NS.9CH3.3Ti/c1-4-8-20-14-13-19-9-7-11-23(29(19)30-20)26-17(2)18(3)27-22(26)15-16-25-28(27)21-10-5-6-12-24(21)31-25;1-4-19-13-12-18-8-7-10-22(28(18)29-19)25-16(2)17(3)26-21(25)14-15-24-27(26)20-9-5-6-11-23(20)30-24;1-14-13-17-7-6-9-20(26(17)27-14)23-15(2)16(3)24-19(23)11-12-22-25(24)18-8-4-5-10-21(18)28-22;;;;;;;;;;;;/h5-7,9-12,15-18,20,22,26-27H,4,8,13-14H2,1-3H3;5-11,14-17,19,21,25-26H,4,12-13H2,1-3H3;4-12,14-16,19,23-24H,13H2,1-3H3;9*1H3;;;/q12*-1;3*+4. The van der Waals surface area contributed by atoms with E-state index in [9.17, 15) is 0 Å². The summed E-state index contributed by atoms with van der Waals surface area (Å²) in [6.07, 6.45) is 24.4. The van der Waals surface area contributed by atoms with E-state index in [1.807, 2.05) is 34.0 Å². The number of hydrogen-bond donors (Lipinski definition) is 0. The van der Waals surface area contributed by atoms with Crippen LogP contribution < -0.4 is 0 Å². The van der Waals surface area contributed by atoms with Gasteiger partial charge in [-0.1, -0.05) is 255 Å². The van der Waals surface area contributed by atoms with Gasteiger partial charge in [-0.15, -0.1) is 69.2 Å². The molecule has 0 bridgehead atoms. The first-order valence-corrected chi connectivity index (χ1v) is 37.0. The largest absolute Gasteiger partial charge is 4.00 e. The zero-order chi connectivity index (χ0) is 60.5. The van der Waals surface area contributed by atoms with Crippen LogP contribution in [-0.4, -0.2) is 18.1 Å². The van der Waals surface area contributed by atoms with Crippen molar-refractivity contribution < 1.29 is 65.2 Å². The smallest absolute Gasteiger partial charge is 0.681 e. The Morgan fingerprint density at radius 1 is 0.356 bits per heavy atom. The molecule has 18 rings (SSSR count). The van der Waals surface area contributed by atoms with Crippen molar-refractivity contribution in [3.8, 4) is 0 Å².